The van der Waals surface area contributed by atoms with E-state index in [4.69, 9.17) is 4.74 Å². The summed E-state index contributed by atoms with van der Waals surface area (Å²) in [5, 5.41) is 3.03. The SMILES string of the molecule is CCNCc1cc(F)c(OCCN(CC)CC)c(F)c1. The molecule has 0 heterocycles. The maximum absolute atomic E-state index is 13.8. The molecule has 0 spiro atoms. The van der Waals surface area contributed by atoms with Gasteiger partial charge >= 0.3 is 0 Å². The van der Waals surface area contributed by atoms with Crippen molar-refractivity contribution in [1.82, 2.24) is 10.2 Å². The van der Waals surface area contributed by atoms with Crippen molar-refractivity contribution in [2.24, 2.45) is 0 Å². The van der Waals surface area contributed by atoms with Gasteiger partial charge in [0.2, 0.25) is 0 Å². The third-order valence-corrected chi connectivity index (χ3v) is 3.19. The Labute approximate surface area is 119 Å². The predicted octanol–water partition coefficient (Wildman–Crippen LogP) is 2.79. The van der Waals surface area contributed by atoms with Crippen LogP contribution in [0.25, 0.3) is 0 Å². The first-order chi connectivity index (χ1) is 9.62. The van der Waals surface area contributed by atoms with Crippen molar-refractivity contribution in [3.63, 3.8) is 0 Å². The molecule has 0 bridgehead atoms. The molecule has 0 aliphatic heterocycles. The Bertz CT molecular complexity index is 386. The number of halogens is 2. The highest BCUT2D eigenvalue weighted by molar-refractivity contribution is 5.31. The van der Waals surface area contributed by atoms with E-state index >= 15 is 0 Å². The van der Waals surface area contributed by atoms with Crippen LogP contribution in [0.1, 0.15) is 26.3 Å². The second kappa shape index (κ2) is 8.87. The van der Waals surface area contributed by atoms with E-state index in [1.165, 1.54) is 12.1 Å². The lowest BCUT2D eigenvalue weighted by atomic mass is 10.2. The van der Waals surface area contributed by atoms with E-state index in [9.17, 15) is 8.78 Å². The molecule has 0 radical (unpaired) electrons. The van der Waals surface area contributed by atoms with Crippen LogP contribution in [-0.4, -0.2) is 37.7 Å². The summed E-state index contributed by atoms with van der Waals surface area (Å²) in [6.07, 6.45) is 0. The largest absolute Gasteiger partial charge is 0.486 e. The molecule has 1 N–H and O–H groups in total. The minimum absolute atomic E-state index is 0.280. The summed E-state index contributed by atoms with van der Waals surface area (Å²) in [7, 11) is 0. The summed E-state index contributed by atoms with van der Waals surface area (Å²) in [4.78, 5) is 2.13. The number of hydrogen-bond donors (Lipinski definition) is 1. The van der Waals surface area contributed by atoms with Gasteiger partial charge in [0, 0.05) is 13.1 Å². The van der Waals surface area contributed by atoms with Gasteiger partial charge in [-0.25, -0.2) is 8.78 Å². The molecule has 0 amide bonds. The van der Waals surface area contributed by atoms with Gasteiger partial charge in [0.15, 0.2) is 17.4 Å². The molecule has 5 heteroatoms. The molecule has 0 saturated carbocycles. The summed E-state index contributed by atoms with van der Waals surface area (Å²) >= 11 is 0. The topological polar surface area (TPSA) is 24.5 Å². The molecule has 0 aliphatic carbocycles. The molecular weight excluding hydrogens is 262 g/mol. The second-order valence-electron chi connectivity index (χ2n) is 4.54. The Morgan fingerprint density at radius 2 is 1.70 bits per heavy atom. The summed E-state index contributed by atoms with van der Waals surface area (Å²) in [6.45, 7) is 9.96. The standard InChI is InChI=1S/C15H24F2N2O/c1-4-18-11-12-9-13(16)15(14(17)10-12)20-8-7-19(5-2)6-3/h9-10,18H,4-8,11H2,1-3H3. The maximum Gasteiger partial charge on any atom is 0.190 e. The highest BCUT2D eigenvalue weighted by Crippen LogP contribution is 2.23. The van der Waals surface area contributed by atoms with Gasteiger partial charge in [0.05, 0.1) is 0 Å². The molecule has 0 unspecified atom stereocenters. The Morgan fingerprint density at radius 3 is 2.20 bits per heavy atom. The molecule has 0 aliphatic rings. The fourth-order valence-electron chi connectivity index (χ4n) is 1.94. The van der Waals surface area contributed by atoms with Crippen molar-refractivity contribution < 1.29 is 13.5 Å². The van der Waals surface area contributed by atoms with Crippen molar-refractivity contribution >= 4 is 0 Å². The van der Waals surface area contributed by atoms with Gasteiger partial charge in [0.25, 0.3) is 0 Å². The molecule has 3 nitrogen and oxygen atoms in total. The lowest BCUT2D eigenvalue weighted by molar-refractivity contribution is 0.211. The first-order valence-corrected chi connectivity index (χ1v) is 7.16. The Morgan fingerprint density at radius 1 is 1.10 bits per heavy atom. The highest BCUT2D eigenvalue weighted by Gasteiger charge is 2.13. The van der Waals surface area contributed by atoms with Crippen LogP contribution in [0.5, 0.6) is 5.75 Å². The quantitative estimate of drug-likeness (QED) is 0.755. The first-order valence-electron chi connectivity index (χ1n) is 7.16. The van der Waals surface area contributed by atoms with E-state index < -0.39 is 11.6 Å². The third-order valence-electron chi connectivity index (χ3n) is 3.19. The molecule has 1 rings (SSSR count). The highest BCUT2D eigenvalue weighted by atomic mass is 19.1. The van der Waals surface area contributed by atoms with Gasteiger partial charge in [-0.05, 0) is 37.3 Å². The minimum Gasteiger partial charge on any atom is -0.486 e. The smallest absolute Gasteiger partial charge is 0.190 e. The molecule has 0 aromatic heterocycles. The first kappa shape index (κ1) is 16.9. The minimum atomic E-state index is -0.641. The summed E-state index contributed by atoms with van der Waals surface area (Å²) in [5.41, 5.74) is 0.581. The number of rotatable bonds is 9. The van der Waals surface area contributed by atoms with E-state index in [1.54, 1.807) is 0 Å². The molecule has 1 aromatic rings. The van der Waals surface area contributed by atoms with Crippen LogP contribution in [-0.2, 0) is 6.54 Å². The average Bonchev–Trinajstić information content (AvgIpc) is 2.43. The van der Waals surface area contributed by atoms with Crippen LogP contribution in [0.3, 0.4) is 0 Å². The molecule has 0 fully saturated rings. The van der Waals surface area contributed by atoms with Gasteiger partial charge in [-0.3, -0.25) is 0 Å². The van der Waals surface area contributed by atoms with Crippen LogP contribution in [0.15, 0.2) is 12.1 Å². The maximum atomic E-state index is 13.8. The van der Waals surface area contributed by atoms with Crippen molar-refractivity contribution in [3.8, 4) is 5.75 Å². The molecule has 20 heavy (non-hydrogen) atoms. The summed E-state index contributed by atoms with van der Waals surface area (Å²) < 4.78 is 32.9. The molecule has 114 valence electrons. The Kier molecular flexibility index (Phi) is 7.47. The second-order valence-corrected chi connectivity index (χ2v) is 4.54. The third kappa shape index (κ3) is 5.06. The molecule has 0 atom stereocenters. The molecule has 0 saturated heterocycles. The van der Waals surface area contributed by atoms with E-state index in [1.807, 2.05) is 20.8 Å². The van der Waals surface area contributed by atoms with Crippen LogP contribution < -0.4 is 10.1 Å². The number of hydrogen-bond acceptors (Lipinski definition) is 3. The fourth-order valence-corrected chi connectivity index (χ4v) is 1.94. The summed E-state index contributed by atoms with van der Waals surface area (Å²) in [6, 6.07) is 2.64. The lowest BCUT2D eigenvalue weighted by Gasteiger charge is -2.18. The van der Waals surface area contributed by atoms with Gasteiger partial charge in [-0.15, -0.1) is 0 Å². The number of nitrogens with zero attached hydrogens (tertiary/aromatic N) is 1. The summed E-state index contributed by atoms with van der Waals surface area (Å²) in [5.74, 6) is -1.56. The predicted molar refractivity (Wildman–Crippen MR) is 77.0 cm³/mol. The monoisotopic (exact) mass is 286 g/mol. The van der Waals surface area contributed by atoms with Gasteiger partial charge in [-0.2, -0.15) is 0 Å². The van der Waals surface area contributed by atoms with Gasteiger partial charge in [-0.1, -0.05) is 20.8 Å². The van der Waals surface area contributed by atoms with E-state index in [2.05, 4.69) is 10.2 Å². The number of nitrogens with one attached hydrogen (secondary N) is 1. The fraction of sp³-hybridized carbons (Fsp3) is 0.600. The number of benzene rings is 1. The zero-order valence-electron chi connectivity index (χ0n) is 12.5. The average molecular weight is 286 g/mol. The lowest BCUT2D eigenvalue weighted by Crippen LogP contribution is -2.28. The van der Waals surface area contributed by atoms with Crippen LogP contribution in [0.4, 0.5) is 8.78 Å². The van der Waals surface area contributed by atoms with Crippen LogP contribution >= 0.6 is 0 Å². The van der Waals surface area contributed by atoms with Crippen LogP contribution in [0, 0.1) is 11.6 Å². The molecule has 1 aromatic carbocycles. The van der Waals surface area contributed by atoms with E-state index in [0.717, 1.165) is 19.6 Å². The number of ether oxygens (including phenoxy) is 1. The zero-order chi connectivity index (χ0) is 15.0. The van der Waals surface area contributed by atoms with E-state index in [0.29, 0.717) is 18.7 Å². The number of likely N-dealkylation sites (N-methyl/N-ethyl adjacent to an activating group) is 1. The normalized spacial score (nSPS) is 11.1. The van der Waals surface area contributed by atoms with Gasteiger partial charge in [0.1, 0.15) is 6.61 Å². The molecular formula is C15H24F2N2O. The van der Waals surface area contributed by atoms with Crippen molar-refractivity contribution in [2.75, 3.05) is 32.8 Å². The van der Waals surface area contributed by atoms with Crippen LogP contribution in [0.2, 0.25) is 0 Å². The zero-order valence-corrected chi connectivity index (χ0v) is 12.5. The Balaban J connectivity index is 2.62. The van der Waals surface area contributed by atoms with Crippen molar-refractivity contribution in [2.45, 2.75) is 27.3 Å². The van der Waals surface area contributed by atoms with Crippen molar-refractivity contribution in [3.05, 3.63) is 29.3 Å². The van der Waals surface area contributed by atoms with Gasteiger partial charge < -0.3 is 15.0 Å². The van der Waals surface area contributed by atoms with E-state index in [-0.39, 0.29) is 12.4 Å². The Hall–Kier alpha value is -1.20. The van der Waals surface area contributed by atoms with Crippen molar-refractivity contribution in [1.29, 1.82) is 0 Å².